The lowest BCUT2D eigenvalue weighted by atomic mass is 10.00. The Labute approximate surface area is 80.2 Å². The Kier molecular flexibility index (Phi) is 3.19. The van der Waals surface area contributed by atoms with Gasteiger partial charge in [-0.05, 0) is 32.4 Å². The first-order chi connectivity index (χ1) is 6.38. The van der Waals surface area contributed by atoms with E-state index in [2.05, 4.69) is 4.90 Å². The molecular formula is C10H20N2O. The van der Waals surface area contributed by atoms with E-state index in [4.69, 9.17) is 10.5 Å². The first-order valence-corrected chi connectivity index (χ1v) is 5.45. The van der Waals surface area contributed by atoms with Crippen molar-refractivity contribution in [2.45, 2.75) is 37.8 Å². The molecule has 76 valence electrons. The lowest BCUT2D eigenvalue weighted by molar-refractivity contribution is -0.000716. The zero-order valence-electron chi connectivity index (χ0n) is 8.24. The fraction of sp³-hybridized carbons (Fsp3) is 1.00. The fourth-order valence-corrected chi connectivity index (χ4v) is 2.37. The van der Waals surface area contributed by atoms with Crippen LogP contribution in [0.25, 0.3) is 0 Å². The van der Waals surface area contributed by atoms with Crippen LogP contribution in [0.5, 0.6) is 0 Å². The number of rotatable bonds is 1. The number of ether oxygens (including phenoxy) is 1. The molecule has 0 spiro atoms. The molecule has 2 fully saturated rings. The van der Waals surface area contributed by atoms with Gasteiger partial charge in [-0.1, -0.05) is 6.42 Å². The highest BCUT2D eigenvalue weighted by molar-refractivity contribution is 4.86. The van der Waals surface area contributed by atoms with Crippen molar-refractivity contribution in [2.24, 2.45) is 5.73 Å². The molecule has 0 aromatic carbocycles. The molecule has 2 aliphatic rings. The summed E-state index contributed by atoms with van der Waals surface area (Å²) in [6, 6.07) is 0.834. The number of nitrogens with two attached hydrogens (primary N) is 1. The Morgan fingerprint density at radius 1 is 1.15 bits per heavy atom. The third-order valence-electron chi connectivity index (χ3n) is 3.24. The number of likely N-dealkylation sites (tertiary alicyclic amines) is 1. The van der Waals surface area contributed by atoms with Crippen molar-refractivity contribution >= 4 is 0 Å². The minimum absolute atomic E-state index is 0.340. The summed E-state index contributed by atoms with van der Waals surface area (Å²) < 4.78 is 5.48. The first-order valence-electron chi connectivity index (χ1n) is 5.45. The van der Waals surface area contributed by atoms with Gasteiger partial charge in [0.25, 0.3) is 0 Å². The van der Waals surface area contributed by atoms with E-state index >= 15 is 0 Å². The molecule has 3 heteroatoms. The zero-order chi connectivity index (χ0) is 9.10. The zero-order valence-corrected chi connectivity index (χ0v) is 8.24. The normalized spacial score (nSPS) is 37.6. The Morgan fingerprint density at radius 2 is 1.92 bits per heavy atom. The summed E-state index contributed by atoms with van der Waals surface area (Å²) in [4.78, 5) is 2.52. The van der Waals surface area contributed by atoms with Gasteiger partial charge in [0.1, 0.15) is 0 Å². The van der Waals surface area contributed by atoms with E-state index in [9.17, 15) is 0 Å². The Morgan fingerprint density at radius 3 is 2.62 bits per heavy atom. The molecule has 2 N–H and O–H groups in total. The summed E-state index contributed by atoms with van der Waals surface area (Å²) in [7, 11) is 0. The van der Waals surface area contributed by atoms with Gasteiger partial charge in [-0.2, -0.15) is 0 Å². The largest absolute Gasteiger partial charge is 0.380 e. The molecule has 3 nitrogen and oxygen atoms in total. The predicted octanol–water partition coefficient (Wildman–Crippen LogP) is 0.588. The molecule has 2 heterocycles. The van der Waals surface area contributed by atoms with Crippen LogP contribution in [0.1, 0.15) is 25.7 Å². The van der Waals surface area contributed by atoms with E-state index in [0.717, 1.165) is 19.6 Å². The Balaban J connectivity index is 1.88. The van der Waals surface area contributed by atoms with E-state index < -0.39 is 0 Å². The molecule has 2 rings (SSSR count). The maximum atomic E-state index is 6.09. The van der Waals surface area contributed by atoms with Crippen LogP contribution in [0, 0.1) is 0 Å². The molecule has 0 saturated carbocycles. The summed E-state index contributed by atoms with van der Waals surface area (Å²) in [6.07, 6.45) is 5.09. The van der Waals surface area contributed by atoms with Crippen molar-refractivity contribution < 1.29 is 4.74 Å². The van der Waals surface area contributed by atoms with Gasteiger partial charge in [0, 0.05) is 18.7 Å². The fourth-order valence-electron chi connectivity index (χ4n) is 2.37. The molecule has 0 aromatic rings. The molecule has 13 heavy (non-hydrogen) atoms. The standard InChI is InChI=1S/C10H20N2O/c11-9-4-7-13-8-10(9)12-5-2-1-3-6-12/h9-10H,1-8,11H2. The highest BCUT2D eigenvalue weighted by atomic mass is 16.5. The van der Waals surface area contributed by atoms with Crippen LogP contribution in [0.2, 0.25) is 0 Å². The first kappa shape index (κ1) is 9.44. The molecule has 0 radical (unpaired) electrons. The summed E-state index contributed by atoms with van der Waals surface area (Å²) in [5, 5.41) is 0. The smallest absolute Gasteiger partial charge is 0.0636 e. The van der Waals surface area contributed by atoms with Gasteiger partial charge in [0.2, 0.25) is 0 Å². The van der Waals surface area contributed by atoms with E-state index in [-0.39, 0.29) is 0 Å². The maximum absolute atomic E-state index is 6.09. The molecule has 2 unspecified atom stereocenters. The van der Waals surface area contributed by atoms with Crippen LogP contribution in [-0.4, -0.2) is 43.3 Å². The van der Waals surface area contributed by atoms with Crippen molar-refractivity contribution in [2.75, 3.05) is 26.3 Å². The summed E-state index contributed by atoms with van der Waals surface area (Å²) in [5.74, 6) is 0. The SMILES string of the molecule is NC1CCOCC1N1CCCCC1. The van der Waals surface area contributed by atoms with Crippen LogP contribution < -0.4 is 5.73 Å². The minimum atomic E-state index is 0.340. The van der Waals surface area contributed by atoms with E-state index in [0.29, 0.717) is 12.1 Å². The summed E-state index contributed by atoms with van der Waals surface area (Å²) in [5.41, 5.74) is 6.09. The molecule has 2 atom stereocenters. The van der Waals surface area contributed by atoms with Crippen LogP contribution >= 0.6 is 0 Å². The third-order valence-corrected chi connectivity index (χ3v) is 3.24. The molecule has 2 aliphatic heterocycles. The topological polar surface area (TPSA) is 38.5 Å². The lowest BCUT2D eigenvalue weighted by Gasteiger charge is -2.40. The van der Waals surface area contributed by atoms with Crippen molar-refractivity contribution in [3.05, 3.63) is 0 Å². The monoisotopic (exact) mass is 184 g/mol. The van der Waals surface area contributed by atoms with Gasteiger partial charge in [-0.15, -0.1) is 0 Å². The second-order valence-corrected chi connectivity index (χ2v) is 4.19. The second-order valence-electron chi connectivity index (χ2n) is 4.19. The van der Waals surface area contributed by atoms with E-state index in [1.165, 1.54) is 32.4 Å². The van der Waals surface area contributed by atoms with Gasteiger partial charge < -0.3 is 10.5 Å². The van der Waals surface area contributed by atoms with Gasteiger partial charge >= 0.3 is 0 Å². The van der Waals surface area contributed by atoms with Crippen LogP contribution in [0.4, 0.5) is 0 Å². The average molecular weight is 184 g/mol. The highest BCUT2D eigenvalue weighted by Gasteiger charge is 2.28. The van der Waals surface area contributed by atoms with Gasteiger partial charge in [-0.25, -0.2) is 0 Å². The molecule has 0 aliphatic carbocycles. The maximum Gasteiger partial charge on any atom is 0.0636 e. The summed E-state index contributed by atoms with van der Waals surface area (Å²) in [6.45, 7) is 4.15. The minimum Gasteiger partial charge on any atom is -0.380 e. The van der Waals surface area contributed by atoms with Gasteiger partial charge in [-0.3, -0.25) is 4.90 Å². The number of nitrogens with zero attached hydrogens (tertiary/aromatic N) is 1. The number of hydrogen-bond donors (Lipinski definition) is 1. The van der Waals surface area contributed by atoms with E-state index in [1.807, 2.05) is 0 Å². The van der Waals surface area contributed by atoms with Crippen molar-refractivity contribution in [1.82, 2.24) is 4.90 Å². The summed E-state index contributed by atoms with van der Waals surface area (Å²) >= 11 is 0. The Hall–Kier alpha value is -0.120. The van der Waals surface area contributed by atoms with Crippen LogP contribution in [0.3, 0.4) is 0 Å². The lowest BCUT2D eigenvalue weighted by Crippen LogP contribution is -2.54. The molecule has 0 amide bonds. The molecular weight excluding hydrogens is 164 g/mol. The van der Waals surface area contributed by atoms with E-state index in [1.54, 1.807) is 0 Å². The van der Waals surface area contributed by atoms with Crippen molar-refractivity contribution in [3.63, 3.8) is 0 Å². The third kappa shape index (κ3) is 2.22. The molecule has 0 bridgehead atoms. The molecule has 2 saturated heterocycles. The number of piperidine rings is 1. The van der Waals surface area contributed by atoms with Gasteiger partial charge in [0.05, 0.1) is 6.61 Å². The number of hydrogen-bond acceptors (Lipinski definition) is 3. The second kappa shape index (κ2) is 4.40. The predicted molar refractivity (Wildman–Crippen MR) is 52.6 cm³/mol. The highest BCUT2D eigenvalue weighted by Crippen LogP contribution is 2.17. The average Bonchev–Trinajstić information content (AvgIpc) is 2.20. The quantitative estimate of drug-likeness (QED) is 0.648. The van der Waals surface area contributed by atoms with Crippen molar-refractivity contribution in [3.8, 4) is 0 Å². The molecule has 0 aromatic heterocycles. The van der Waals surface area contributed by atoms with Crippen LogP contribution in [-0.2, 0) is 4.74 Å². The van der Waals surface area contributed by atoms with Gasteiger partial charge in [0.15, 0.2) is 0 Å². The van der Waals surface area contributed by atoms with Crippen LogP contribution in [0.15, 0.2) is 0 Å². The van der Waals surface area contributed by atoms with Crippen molar-refractivity contribution in [1.29, 1.82) is 0 Å². The Bertz CT molecular complexity index is 157.